The van der Waals surface area contributed by atoms with Gasteiger partial charge in [0.05, 0.1) is 11.3 Å². The Morgan fingerprint density at radius 3 is 2.94 bits per heavy atom. The zero-order valence-electron chi connectivity index (χ0n) is 9.17. The van der Waals surface area contributed by atoms with Gasteiger partial charge in [0, 0.05) is 29.6 Å². The van der Waals surface area contributed by atoms with Gasteiger partial charge in [0.1, 0.15) is 11.1 Å². The molecule has 96 valence electrons. The van der Waals surface area contributed by atoms with Crippen LogP contribution in [-0.2, 0) is 13.8 Å². The number of halogens is 1. The lowest BCUT2D eigenvalue weighted by atomic mass is 10.1. The molecule has 0 saturated carbocycles. The highest BCUT2D eigenvalue weighted by atomic mass is 35.7. The molecule has 1 atom stereocenters. The first-order chi connectivity index (χ1) is 8.40. The van der Waals surface area contributed by atoms with E-state index in [0.717, 1.165) is 0 Å². The Bertz CT molecular complexity index is 617. The minimum atomic E-state index is -3.61. The Hall–Kier alpha value is -1.10. The molecule has 2 heterocycles. The number of nitriles is 1. The lowest BCUT2D eigenvalue weighted by molar-refractivity contribution is -0.117. The smallest absolute Gasteiger partial charge is 0.232 e. The monoisotopic (exact) mass is 304 g/mol. The van der Waals surface area contributed by atoms with Crippen LogP contribution in [0, 0.1) is 17.2 Å². The van der Waals surface area contributed by atoms with Crippen LogP contribution in [0.5, 0.6) is 0 Å². The van der Waals surface area contributed by atoms with Gasteiger partial charge >= 0.3 is 0 Å². The summed E-state index contributed by atoms with van der Waals surface area (Å²) in [6, 6.07) is 3.65. The third-order valence-corrected chi connectivity index (χ3v) is 4.83. The van der Waals surface area contributed by atoms with Crippen molar-refractivity contribution in [3.05, 3.63) is 17.0 Å². The van der Waals surface area contributed by atoms with Crippen molar-refractivity contribution in [2.45, 2.75) is 6.42 Å². The highest BCUT2D eigenvalue weighted by Crippen LogP contribution is 2.33. The molecule has 1 aromatic heterocycles. The molecule has 0 aromatic carbocycles. The molecule has 1 aliphatic heterocycles. The molecule has 1 amide bonds. The van der Waals surface area contributed by atoms with E-state index in [4.69, 9.17) is 15.9 Å². The average molecular weight is 305 g/mol. The van der Waals surface area contributed by atoms with E-state index in [0.29, 0.717) is 17.1 Å². The number of amides is 1. The standard InChI is InChI=1S/C10H9ClN2O3S2/c11-18(15,16)6-7-3-9(14)13(5-7)10-8(4-12)1-2-17-10/h1-2,7H,3,5-6H2. The van der Waals surface area contributed by atoms with Gasteiger partial charge in [-0.2, -0.15) is 5.26 Å². The molecule has 1 aromatic rings. The van der Waals surface area contributed by atoms with Gasteiger partial charge in [-0.05, 0) is 11.4 Å². The molecule has 0 bridgehead atoms. The van der Waals surface area contributed by atoms with Crippen molar-refractivity contribution in [1.29, 1.82) is 5.26 Å². The van der Waals surface area contributed by atoms with Gasteiger partial charge in [-0.3, -0.25) is 4.79 Å². The maximum Gasteiger partial charge on any atom is 0.232 e. The number of thiophene rings is 1. The van der Waals surface area contributed by atoms with Crippen molar-refractivity contribution >= 4 is 42.0 Å². The van der Waals surface area contributed by atoms with Crippen LogP contribution in [-0.4, -0.2) is 26.6 Å². The lowest BCUT2D eigenvalue weighted by Crippen LogP contribution is -2.25. The summed E-state index contributed by atoms with van der Waals surface area (Å²) in [4.78, 5) is 13.3. The number of carbonyl (C=O) groups is 1. The van der Waals surface area contributed by atoms with Crippen molar-refractivity contribution in [2.24, 2.45) is 5.92 Å². The van der Waals surface area contributed by atoms with Crippen LogP contribution in [0.1, 0.15) is 12.0 Å². The van der Waals surface area contributed by atoms with Crippen LogP contribution in [0.25, 0.3) is 0 Å². The lowest BCUT2D eigenvalue weighted by Gasteiger charge is -2.14. The Morgan fingerprint density at radius 2 is 2.33 bits per heavy atom. The molecule has 0 spiro atoms. The minimum absolute atomic E-state index is 0.148. The Morgan fingerprint density at radius 1 is 1.61 bits per heavy atom. The van der Waals surface area contributed by atoms with Crippen LogP contribution >= 0.6 is 22.0 Å². The Kier molecular flexibility index (Phi) is 3.61. The third kappa shape index (κ3) is 2.83. The largest absolute Gasteiger partial charge is 0.302 e. The van der Waals surface area contributed by atoms with Gasteiger partial charge in [0.15, 0.2) is 0 Å². The molecule has 0 radical (unpaired) electrons. The van der Waals surface area contributed by atoms with Crippen LogP contribution in [0.3, 0.4) is 0 Å². The summed E-state index contributed by atoms with van der Waals surface area (Å²) in [7, 11) is 1.58. The first-order valence-corrected chi connectivity index (χ1v) is 8.47. The molecule has 1 aliphatic rings. The summed E-state index contributed by atoms with van der Waals surface area (Å²) in [5.41, 5.74) is 0.433. The molecule has 2 rings (SSSR count). The van der Waals surface area contributed by atoms with Gasteiger partial charge < -0.3 is 4.90 Å². The number of hydrogen-bond acceptors (Lipinski definition) is 5. The van der Waals surface area contributed by atoms with E-state index in [1.807, 2.05) is 6.07 Å². The number of nitrogens with zero attached hydrogens (tertiary/aromatic N) is 2. The number of rotatable bonds is 3. The summed E-state index contributed by atoms with van der Waals surface area (Å²) >= 11 is 1.30. The van der Waals surface area contributed by atoms with E-state index in [1.165, 1.54) is 16.2 Å². The van der Waals surface area contributed by atoms with Gasteiger partial charge in [-0.15, -0.1) is 11.3 Å². The van der Waals surface area contributed by atoms with Crippen molar-refractivity contribution in [3.8, 4) is 6.07 Å². The van der Waals surface area contributed by atoms with Gasteiger partial charge in [-0.1, -0.05) is 0 Å². The molecule has 5 nitrogen and oxygen atoms in total. The molecular weight excluding hydrogens is 296 g/mol. The topological polar surface area (TPSA) is 78.2 Å². The fourth-order valence-corrected chi connectivity index (χ4v) is 4.16. The zero-order chi connectivity index (χ0) is 13.3. The van der Waals surface area contributed by atoms with Crippen molar-refractivity contribution in [2.75, 3.05) is 17.2 Å². The fraction of sp³-hybridized carbons (Fsp3) is 0.400. The minimum Gasteiger partial charge on any atom is -0.302 e. The summed E-state index contributed by atoms with van der Waals surface area (Å²) in [6.45, 7) is 0.292. The van der Waals surface area contributed by atoms with E-state index in [2.05, 4.69) is 0 Å². The summed E-state index contributed by atoms with van der Waals surface area (Å²) in [6.07, 6.45) is 0.148. The highest BCUT2D eigenvalue weighted by molar-refractivity contribution is 8.13. The first kappa shape index (κ1) is 13.3. The maximum atomic E-state index is 11.8. The van der Waals surface area contributed by atoms with Crippen molar-refractivity contribution in [3.63, 3.8) is 0 Å². The second-order valence-electron chi connectivity index (χ2n) is 4.03. The molecule has 18 heavy (non-hydrogen) atoms. The summed E-state index contributed by atoms with van der Waals surface area (Å²) in [5.74, 6) is -0.697. The third-order valence-electron chi connectivity index (χ3n) is 2.65. The van der Waals surface area contributed by atoms with Gasteiger partial charge in [0.2, 0.25) is 15.0 Å². The fourth-order valence-electron chi connectivity index (χ4n) is 1.97. The summed E-state index contributed by atoms with van der Waals surface area (Å²) in [5, 5.41) is 11.2. The normalized spacial score (nSPS) is 20.1. The second-order valence-corrected chi connectivity index (χ2v) is 7.75. The molecule has 1 fully saturated rings. The SMILES string of the molecule is N#Cc1ccsc1N1CC(CS(=O)(=O)Cl)CC1=O. The maximum absolute atomic E-state index is 11.8. The molecule has 0 N–H and O–H groups in total. The highest BCUT2D eigenvalue weighted by Gasteiger charge is 2.34. The quantitative estimate of drug-likeness (QED) is 0.794. The Balaban J connectivity index is 2.18. The molecule has 1 unspecified atom stereocenters. The van der Waals surface area contributed by atoms with Crippen LogP contribution in [0.4, 0.5) is 5.00 Å². The number of carbonyl (C=O) groups excluding carboxylic acids is 1. The van der Waals surface area contributed by atoms with Crippen LogP contribution in [0.2, 0.25) is 0 Å². The number of anilines is 1. The van der Waals surface area contributed by atoms with Crippen molar-refractivity contribution < 1.29 is 13.2 Å². The van der Waals surface area contributed by atoms with Crippen LogP contribution < -0.4 is 4.90 Å². The second kappa shape index (κ2) is 4.88. The summed E-state index contributed by atoms with van der Waals surface area (Å²) < 4.78 is 22.0. The predicted octanol–water partition coefficient (Wildman–Crippen LogP) is 1.54. The van der Waals surface area contributed by atoms with Gasteiger partial charge in [0.25, 0.3) is 0 Å². The van der Waals surface area contributed by atoms with Gasteiger partial charge in [-0.25, -0.2) is 8.42 Å². The number of hydrogen-bond donors (Lipinski definition) is 0. The van der Waals surface area contributed by atoms with E-state index in [9.17, 15) is 13.2 Å². The zero-order valence-corrected chi connectivity index (χ0v) is 11.6. The molecule has 8 heteroatoms. The Labute approximate surface area is 113 Å². The molecule has 0 aliphatic carbocycles. The van der Waals surface area contributed by atoms with E-state index < -0.39 is 9.05 Å². The van der Waals surface area contributed by atoms with E-state index in [1.54, 1.807) is 11.4 Å². The predicted molar refractivity (Wildman–Crippen MR) is 69.1 cm³/mol. The van der Waals surface area contributed by atoms with E-state index >= 15 is 0 Å². The molecular formula is C10H9ClN2O3S2. The van der Waals surface area contributed by atoms with Crippen molar-refractivity contribution in [1.82, 2.24) is 0 Å². The first-order valence-electron chi connectivity index (χ1n) is 5.11. The average Bonchev–Trinajstić information content (AvgIpc) is 2.81. The van der Waals surface area contributed by atoms with E-state index in [-0.39, 0.29) is 24.0 Å². The van der Waals surface area contributed by atoms with Crippen LogP contribution in [0.15, 0.2) is 11.4 Å². The molecule has 1 saturated heterocycles.